The van der Waals surface area contributed by atoms with Crippen molar-refractivity contribution < 1.29 is 4.74 Å². The number of nitrogens with one attached hydrogen (secondary N) is 1. The molecular formula is C14H21N3OS. The van der Waals surface area contributed by atoms with E-state index in [0.717, 1.165) is 18.8 Å². The van der Waals surface area contributed by atoms with Crippen molar-refractivity contribution in [2.75, 3.05) is 18.5 Å². The van der Waals surface area contributed by atoms with Gasteiger partial charge in [-0.25, -0.2) is 0 Å². The van der Waals surface area contributed by atoms with Gasteiger partial charge in [-0.1, -0.05) is 31.5 Å². The molecule has 1 aromatic rings. The number of rotatable bonds is 6. The minimum Gasteiger partial charge on any atom is -0.388 e. The Morgan fingerprint density at radius 3 is 2.79 bits per heavy atom. The van der Waals surface area contributed by atoms with E-state index >= 15 is 0 Å². The first-order valence-corrected chi connectivity index (χ1v) is 7.28. The van der Waals surface area contributed by atoms with E-state index in [4.69, 9.17) is 22.7 Å². The second-order valence-corrected chi connectivity index (χ2v) is 5.29. The van der Waals surface area contributed by atoms with Gasteiger partial charge in [-0.15, -0.1) is 0 Å². The fourth-order valence-electron chi connectivity index (χ4n) is 2.30. The van der Waals surface area contributed by atoms with Crippen LogP contribution in [0.15, 0.2) is 18.3 Å². The van der Waals surface area contributed by atoms with Crippen LogP contribution in [0.1, 0.15) is 37.8 Å². The van der Waals surface area contributed by atoms with Gasteiger partial charge in [0.1, 0.15) is 4.99 Å². The summed E-state index contributed by atoms with van der Waals surface area (Å²) in [6, 6.07) is 3.76. The average molecular weight is 279 g/mol. The van der Waals surface area contributed by atoms with Gasteiger partial charge in [-0.05, 0) is 25.0 Å². The van der Waals surface area contributed by atoms with Crippen molar-refractivity contribution in [2.24, 2.45) is 5.73 Å². The summed E-state index contributed by atoms with van der Waals surface area (Å²) in [7, 11) is 0. The van der Waals surface area contributed by atoms with Crippen LogP contribution in [0.25, 0.3) is 0 Å². The van der Waals surface area contributed by atoms with Crippen molar-refractivity contribution in [2.45, 2.75) is 38.2 Å². The number of anilines is 1. The quantitative estimate of drug-likeness (QED) is 0.619. The lowest BCUT2D eigenvalue weighted by Crippen LogP contribution is -2.20. The van der Waals surface area contributed by atoms with Crippen LogP contribution in [0.3, 0.4) is 0 Å². The number of nitrogens with two attached hydrogens (primary N) is 1. The zero-order valence-corrected chi connectivity index (χ0v) is 11.9. The molecule has 4 nitrogen and oxygen atoms in total. The third-order valence-electron chi connectivity index (χ3n) is 3.35. The monoisotopic (exact) mass is 279 g/mol. The van der Waals surface area contributed by atoms with Crippen molar-refractivity contribution in [1.82, 2.24) is 4.98 Å². The first-order valence-electron chi connectivity index (χ1n) is 6.87. The van der Waals surface area contributed by atoms with E-state index in [1.165, 1.54) is 32.1 Å². The molecule has 2 rings (SSSR count). The van der Waals surface area contributed by atoms with E-state index in [1.54, 1.807) is 6.20 Å². The number of thiocarbonyl (C=S) groups is 1. The van der Waals surface area contributed by atoms with E-state index in [9.17, 15) is 0 Å². The lowest BCUT2D eigenvalue weighted by atomic mass is 9.98. The van der Waals surface area contributed by atoms with Gasteiger partial charge in [0.05, 0.1) is 30.3 Å². The molecular weight excluding hydrogens is 258 g/mol. The molecule has 0 atom stereocenters. The molecule has 5 heteroatoms. The number of hydrogen-bond acceptors (Lipinski definition) is 4. The molecule has 0 aliphatic heterocycles. The molecule has 1 aromatic heterocycles. The predicted octanol–water partition coefficient (Wildman–Crippen LogP) is 2.48. The molecule has 0 unspecified atom stereocenters. The van der Waals surface area contributed by atoms with E-state index in [-0.39, 0.29) is 0 Å². The Morgan fingerprint density at radius 2 is 2.16 bits per heavy atom. The SMILES string of the molecule is NC(=S)c1ccc(NCCOC2CCCCC2)cn1. The Kier molecular flexibility index (Phi) is 5.54. The summed E-state index contributed by atoms with van der Waals surface area (Å²) in [4.78, 5) is 4.50. The molecule has 0 spiro atoms. The Hall–Kier alpha value is -1.20. The van der Waals surface area contributed by atoms with Crippen molar-refractivity contribution in [1.29, 1.82) is 0 Å². The van der Waals surface area contributed by atoms with Gasteiger partial charge in [0.25, 0.3) is 0 Å². The van der Waals surface area contributed by atoms with Gasteiger partial charge in [-0.2, -0.15) is 0 Å². The molecule has 1 heterocycles. The summed E-state index contributed by atoms with van der Waals surface area (Å²) in [6.07, 6.45) is 8.61. The van der Waals surface area contributed by atoms with Crippen LogP contribution in [0.2, 0.25) is 0 Å². The molecule has 0 amide bonds. The minimum atomic E-state index is 0.326. The molecule has 19 heavy (non-hydrogen) atoms. The average Bonchev–Trinajstić information content (AvgIpc) is 2.45. The highest BCUT2D eigenvalue weighted by Gasteiger charge is 2.12. The van der Waals surface area contributed by atoms with E-state index < -0.39 is 0 Å². The standard InChI is InChI=1S/C14H21N3OS/c15-14(19)13-7-6-11(10-17-13)16-8-9-18-12-4-2-1-3-5-12/h6-7,10,12,16H,1-5,8-9H2,(H2,15,19). The number of nitrogens with zero attached hydrogens (tertiary/aromatic N) is 1. The van der Waals surface area contributed by atoms with Crippen LogP contribution < -0.4 is 11.1 Å². The Morgan fingerprint density at radius 1 is 1.37 bits per heavy atom. The van der Waals surface area contributed by atoms with Crippen LogP contribution in [-0.2, 0) is 4.74 Å². The summed E-state index contributed by atoms with van der Waals surface area (Å²) < 4.78 is 5.84. The Labute approximate surface area is 119 Å². The highest BCUT2D eigenvalue weighted by atomic mass is 32.1. The number of hydrogen-bond donors (Lipinski definition) is 2. The predicted molar refractivity (Wildman–Crippen MR) is 81.4 cm³/mol. The number of ether oxygens (including phenoxy) is 1. The molecule has 1 fully saturated rings. The largest absolute Gasteiger partial charge is 0.388 e. The van der Waals surface area contributed by atoms with Crippen molar-refractivity contribution >= 4 is 22.9 Å². The fourth-order valence-corrected chi connectivity index (χ4v) is 2.42. The maximum absolute atomic E-state index is 5.84. The van der Waals surface area contributed by atoms with E-state index in [0.29, 0.717) is 16.8 Å². The molecule has 0 saturated heterocycles. The Balaban J connectivity index is 1.66. The smallest absolute Gasteiger partial charge is 0.122 e. The van der Waals surface area contributed by atoms with Gasteiger partial charge in [0.15, 0.2) is 0 Å². The zero-order chi connectivity index (χ0) is 13.5. The molecule has 0 aromatic carbocycles. The summed E-state index contributed by atoms with van der Waals surface area (Å²) in [5.41, 5.74) is 7.11. The summed E-state index contributed by atoms with van der Waals surface area (Å²) in [5, 5.41) is 3.28. The normalized spacial score (nSPS) is 16.2. The molecule has 1 aliphatic rings. The zero-order valence-electron chi connectivity index (χ0n) is 11.1. The summed E-state index contributed by atoms with van der Waals surface area (Å²) in [5.74, 6) is 0. The van der Waals surface area contributed by atoms with Gasteiger partial charge in [0.2, 0.25) is 0 Å². The van der Waals surface area contributed by atoms with Crippen molar-refractivity contribution in [3.8, 4) is 0 Å². The molecule has 1 saturated carbocycles. The van der Waals surface area contributed by atoms with Crippen LogP contribution >= 0.6 is 12.2 Å². The second kappa shape index (κ2) is 7.40. The molecule has 0 radical (unpaired) electrons. The van der Waals surface area contributed by atoms with Crippen LogP contribution in [0, 0.1) is 0 Å². The van der Waals surface area contributed by atoms with Gasteiger partial charge >= 0.3 is 0 Å². The maximum Gasteiger partial charge on any atom is 0.122 e. The maximum atomic E-state index is 5.84. The molecule has 1 aliphatic carbocycles. The molecule has 0 bridgehead atoms. The Bertz CT molecular complexity index is 402. The van der Waals surface area contributed by atoms with Gasteiger partial charge in [0, 0.05) is 6.54 Å². The van der Waals surface area contributed by atoms with Crippen molar-refractivity contribution in [3.05, 3.63) is 24.0 Å². The van der Waals surface area contributed by atoms with E-state index in [2.05, 4.69) is 10.3 Å². The summed E-state index contributed by atoms with van der Waals surface area (Å²) in [6.45, 7) is 1.53. The highest BCUT2D eigenvalue weighted by molar-refractivity contribution is 7.80. The first kappa shape index (κ1) is 14.2. The molecule has 104 valence electrons. The number of aromatic nitrogens is 1. The second-order valence-electron chi connectivity index (χ2n) is 4.85. The van der Waals surface area contributed by atoms with Crippen LogP contribution in [0.4, 0.5) is 5.69 Å². The first-order chi connectivity index (χ1) is 9.25. The number of pyridine rings is 1. The summed E-state index contributed by atoms with van der Waals surface area (Å²) >= 11 is 4.86. The van der Waals surface area contributed by atoms with Crippen molar-refractivity contribution in [3.63, 3.8) is 0 Å². The minimum absolute atomic E-state index is 0.326. The van der Waals surface area contributed by atoms with Crippen LogP contribution in [0.5, 0.6) is 0 Å². The van der Waals surface area contributed by atoms with Crippen LogP contribution in [-0.4, -0.2) is 29.2 Å². The van der Waals surface area contributed by atoms with Gasteiger partial charge in [-0.3, -0.25) is 4.98 Å². The van der Waals surface area contributed by atoms with E-state index in [1.807, 2.05) is 12.1 Å². The highest BCUT2D eigenvalue weighted by Crippen LogP contribution is 2.20. The third kappa shape index (κ3) is 4.76. The molecule has 3 N–H and O–H groups in total. The lowest BCUT2D eigenvalue weighted by molar-refractivity contribution is 0.0347. The van der Waals surface area contributed by atoms with Gasteiger partial charge < -0.3 is 15.8 Å². The fraction of sp³-hybridized carbons (Fsp3) is 0.571. The third-order valence-corrected chi connectivity index (χ3v) is 3.56. The lowest BCUT2D eigenvalue weighted by Gasteiger charge is -2.22. The topological polar surface area (TPSA) is 60.2 Å².